The minimum absolute atomic E-state index is 0.296. The minimum atomic E-state index is 0.296. The Balaban J connectivity index is 2.03. The zero-order valence-electron chi connectivity index (χ0n) is 10.4. The summed E-state index contributed by atoms with van der Waals surface area (Å²) in [4.78, 5) is 0. The molecule has 2 aromatic rings. The first kappa shape index (κ1) is 11.9. The van der Waals surface area contributed by atoms with Crippen molar-refractivity contribution in [3.63, 3.8) is 0 Å². The number of benzene rings is 2. The molecule has 0 unspecified atom stereocenters. The summed E-state index contributed by atoms with van der Waals surface area (Å²) < 4.78 is 5.51. The summed E-state index contributed by atoms with van der Waals surface area (Å²) in [6, 6.07) is 14.7. The molecule has 2 heteroatoms. The monoisotopic (exact) mass is 229 g/mol. The maximum Gasteiger partial charge on any atom is 0.0642 e. The van der Waals surface area contributed by atoms with Crippen molar-refractivity contribution in [1.82, 2.24) is 0 Å². The molecule has 2 aromatic carbocycles. The third-order valence-electron chi connectivity index (χ3n) is 2.66. The molecule has 0 radical (unpaired) electrons. The average Bonchev–Trinajstić information content (AvgIpc) is 2.34. The fourth-order valence-corrected chi connectivity index (χ4v) is 1.86. The van der Waals surface area contributed by atoms with Gasteiger partial charge in [-0.2, -0.15) is 0 Å². The first-order valence-electron chi connectivity index (χ1n) is 6.10. The molecule has 0 saturated heterocycles. The lowest BCUT2D eigenvalue weighted by atomic mass is 10.1. The second kappa shape index (κ2) is 5.69. The van der Waals surface area contributed by atoms with Gasteiger partial charge in [-0.1, -0.05) is 36.4 Å². The number of anilines is 1. The Morgan fingerprint density at radius 3 is 2.65 bits per heavy atom. The van der Waals surface area contributed by atoms with Gasteiger partial charge in [-0.3, -0.25) is 0 Å². The summed E-state index contributed by atoms with van der Waals surface area (Å²) in [5.74, 6) is 0. The van der Waals surface area contributed by atoms with Crippen molar-refractivity contribution in [2.24, 2.45) is 0 Å². The van der Waals surface area contributed by atoms with Crippen LogP contribution in [0.4, 0.5) is 5.69 Å². The summed E-state index contributed by atoms with van der Waals surface area (Å²) in [6.45, 7) is 5.68. The zero-order valence-corrected chi connectivity index (χ0v) is 10.4. The van der Waals surface area contributed by atoms with Crippen LogP contribution < -0.4 is 5.32 Å². The van der Waals surface area contributed by atoms with Gasteiger partial charge in [0.15, 0.2) is 0 Å². The highest BCUT2D eigenvalue weighted by Crippen LogP contribution is 2.22. The van der Waals surface area contributed by atoms with E-state index in [0.717, 1.165) is 13.2 Å². The fourth-order valence-electron chi connectivity index (χ4n) is 1.86. The van der Waals surface area contributed by atoms with Gasteiger partial charge in [-0.05, 0) is 25.3 Å². The van der Waals surface area contributed by atoms with Crippen LogP contribution in [0.25, 0.3) is 10.8 Å². The van der Waals surface area contributed by atoms with E-state index < -0.39 is 0 Å². The van der Waals surface area contributed by atoms with Crippen molar-refractivity contribution < 1.29 is 4.74 Å². The van der Waals surface area contributed by atoms with Crippen molar-refractivity contribution in [1.29, 1.82) is 0 Å². The maximum atomic E-state index is 5.51. The van der Waals surface area contributed by atoms with Gasteiger partial charge in [0, 0.05) is 17.6 Å². The van der Waals surface area contributed by atoms with Gasteiger partial charge in [0.1, 0.15) is 0 Å². The van der Waals surface area contributed by atoms with Crippen molar-refractivity contribution in [2.75, 3.05) is 18.5 Å². The number of ether oxygens (including phenoxy) is 1. The lowest BCUT2D eigenvalue weighted by molar-refractivity contribution is 0.0871. The minimum Gasteiger partial charge on any atom is -0.382 e. The van der Waals surface area contributed by atoms with Gasteiger partial charge in [-0.25, -0.2) is 0 Å². The third-order valence-corrected chi connectivity index (χ3v) is 2.66. The van der Waals surface area contributed by atoms with Gasteiger partial charge in [-0.15, -0.1) is 0 Å². The lowest BCUT2D eigenvalue weighted by Crippen LogP contribution is -2.13. The molecule has 90 valence electrons. The first-order chi connectivity index (χ1) is 8.27. The molecule has 2 nitrogen and oxygen atoms in total. The standard InChI is InChI=1S/C15H19NO/c1-12(2)17-11-10-16-15-9-5-7-13-6-3-4-8-14(13)15/h3-9,12,16H,10-11H2,1-2H3. The summed E-state index contributed by atoms with van der Waals surface area (Å²) in [7, 11) is 0. The number of nitrogens with one attached hydrogen (secondary N) is 1. The molecule has 0 amide bonds. The smallest absolute Gasteiger partial charge is 0.0642 e. The van der Waals surface area contributed by atoms with E-state index in [4.69, 9.17) is 4.74 Å². The molecular formula is C15H19NO. The summed E-state index contributed by atoms with van der Waals surface area (Å²) >= 11 is 0. The summed E-state index contributed by atoms with van der Waals surface area (Å²) in [5.41, 5.74) is 1.18. The molecule has 0 heterocycles. The fraction of sp³-hybridized carbons (Fsp3) is 0.333. The van der Waals surface area contributed by atoms with Crippen LogP contribution in [0.5, 0.6) is 0 Å². The quantitative estimate of drug-likeness (QED) is 0.790. The topological polar surface area (TPSA) is 21.3 Å². The average molecular weight is 229 g/mol. The van der Waals surface area contributed by atoms with E-state index in [1.165, 1.54) is 16.5 Å². The Morgan fingerprint density at radius 1 is 1.06 bits per heavy atom. The Hall–Kier alpha value is -1.54. The number of hydrogen-bond acceptors (Lipinski definition) is 2. The molecule has 0 fully saturated rings. The molecular weight excluding hydrogens is 210 g/mol. The van der Waals surface area contributed by atoms with E-state index in [2.05, 4.69) is 61.6 Å². The normalized spacial score (nSPS) is 11.0. The van der Waals surface area contributed by atoms with E-state index in [1.54, 1.807) is 0 Å². The van der Waals surface area contributed by atoms with E-state index >= 15 is 0 Å². The molecule has 0 aromatic heterocycles. The molecule has 2 rings (SSSR count). The van der Waals surface area contributed by atoms with E-state index in [0.29, 0.717) is 6.10 Å². The molecule has 0 spiro atoms. The van der Waals surface area contributed by atoms with Gasteiger partial charge in [0.25, 0.3) is 0 Å². The molecule has 0 atom stereocenters. The Bertz CT molecular complexity index is 474. The second-order valence-electron chi connectivity index (χ2n) is 4.37. The summed E-state index contributed by atoms with van der Waals surface area (Å²) in [6.07, 6.45) is 0.296. The molecule has 17 heavy (non-hydrogen) atoms. The molecule has 0 aliphatic heterocycles. The van der Waals surface area contributed by atoms with Crippen molar-refractivity contribution in [3.8, 4) is 0 Å². The van der Waals surface area contributed by atoms with Crippen LogP contribution in [-0.2, 0) is 4.74 Å². The third kappa shape index (κ3) is 3.21. The molecule has 1 N–H and O–H groups in total. The van der Waals surface area contributed by atoms with Gasteiger partial charge < -0.3 is 10.1 Å². The first-order valence-corrected chi connectivity index (χ1v) is 6.10. The van der Waals surface area contributed by atoms with E-state index in [1.807, 2.05) is 0 Å². The Labute approximate surface area is 103 Å². The Kier molecular flexibility index (Phi) is 3.99. The highest BCUT2D eigenvalue weighted by Gasteiger charge is 1.99. The largest absolute Gasteiger partial charge is 0.382 e. The Morgan fingerprint density at radius 2 is 1.82 bits per heavy atom. The van der Waals surface area contributed by atoms with Crippen molar-refractivity contribution >= 4 is 16.5 Å². The van der Waals surface area contributed by atoms with Gasteiger partial charge in [0.2, 0.25) is 0 Å². The number of fused-ring (bicyclic) bond motifs is 1. The van der Waals surface area contributed by atoms with Crippen molar-refractivity contribution in [2.45, 2.75) is 20.0 Å². The SMILES string of the molecule is CC(C)OCCNc1cccc2ccccc12. The van der Waals surface area contributed by atoms with E-state index in [-0.39, 0.29) is 0 Å². The summed E-state index contributed by atoms with van der Waals surface area (Å²) in [5, 5.41) is 5.95. The van der Waals surface area contributed by atoms with Crippen LogP contribution in [-0.4, -0.2) is 19.3 Å². The van der Waals surface area contributed by atoms with Crippen LogP contribution in [0.2, 0.25) is 0 Å². The molecule has 0 aliphatic rings. The number of hydrogen-bond donors (Lipinski definition) is 1. The van der Waals surface area contributed by atoms with Crippen LogP contribution in [0.15, 0.2) is 42.5 Å². The van der Waals surface area contributed by atoms with Crippen LogP contribution in [0.1, 0.15) is 13.8 Å². The van der Waals surface area contributed by atoms with Crippen molar-refractivity contribution in [3.05, 3.63) is 42.5 Å². The van der Waals surface area contributed by atoms with Gasteiger partial charge >= 0.3 is 0 Å². The predicted molar refractivity (Wildman–Crippen MR) is 73.5 cm³/mol. The lowest BCUT2D eigenvalue weighted by Gasteiger charge is -2.11. The van der Waals surface area contributed by atoms with Crippen LogP contribution in [0, 0.1) is 0 Å². The maximum absolute atomic E-state index is 5.51. The van der Waals surface area contributed by atoms with Crippen LogP contribution >= 0.6 is 0 Å². The zero-order chi connectivity index (χ0) is 12.1. The number of rotatable bonds is 5. The molecule has 0 saturated carbocycles. The second-order valence-corrected chi connectivity index (χ2v) is 4.37. The molecule has 0 aliphatic carbocycles. The van der Waals surface area contributed by atoms with Crippen LogP contribution in [0.3, 0.4) is 0 Å². The van der Waals surface area contributed by atoms with Gasteiger partial charge in [0.05, 0.1) is 12.7 Å². The highest BCUT2D eigenvalue weighted by atomic mass is 16.5. The molecule has 0 bridgehead atoms. The highest BCUT2D eigenvalue weighted by molar-refractivity contribution is 5.93. The van der Waals surface area contributed by atoms with E-state index in [9.17, 15) is 0 Å². The predicted octanol–water partition coefficient (Wildman–Crippen LogP) is 3.68.